The third kappa shape index (κ3) is 7.09. The summed E-state index contributed by atoms with van der Waals surface area (Å²) in [6.45, 7) is 6.41. The second-order valence-electron chi connectivity index (χ2n) is 12.0. The molecule has 1 saturated heterocycles. The lowest BCUT2D eigenvalue weighted by Crippen LogP contribution is -2.53. The maximum absolute atomic E-state index is 14.9. The SMILES string of the molecule is CC(C)(O)C(=O)N1CCN(Cc2ccc(-c3cc4nccc(Oc5ccc(CC(=O)CC6CC6)cc5F)c4s3)nc2)CC1. The molecule has 43 heavy (non-hydrogen) atoms. The largest absolute Gasteiger partial charge is 0.453 e. The van der Waals surface area contributed by atoms with Gasteiger partial charge in [0.2, 0.25) is 0 Å². The Morgan fingerprint density at radius 2 is 1.79 bits per heavy atom. The van der Waals surface area contributed by atoms with Gasteiger partial charge in [0, 0.05) is 64.0 Å². The third-order valence-electron chi connectivity index (χ3n) is 7.87. The van der Waals surface area contributed by atoms with Gasteiger partial charge in [-0.05, 0) is 68.0 Å². The number of Topliss-reactive ketones (excluding diaryl/α,β-unsaturated/α-hetero) is 1. The number of piperazine rings is 1. The van der Waals surface area contributed by atoms with Crippen LogP contribution in [0.3, 0.4) is 0 Å². The van der Waals surface area contributed by atoms with E-state index in [1.54, 1.807) is 29.3 Å². The molecule has 1 aromatic carbocycles. The van der Waals surface area contributed by atoms with Crippen molar-refractivity contribution < 1.29 is 23.8 Å². The van der Waals surface area contributed by atoms with Gasteiger partial charge in [0.1, 0.15) is 17.1 Å². The summed E-state index contributed by atoms with van der Waals surface area (Å²) in [6.07, 6.45) is 6.57. The second-order valence-corrected chi connectivity index (χ2v) is 13.1. The van der Waals surface area contributed by atoms with Gasteiger partial charge in [-0.15, -0.1) is 11.3 Å². The number of amides is 1. The molecule has 1 aliphatic heterocycles. The zero-order chi connectivity index (χ0) is 30.1. The highest BCUT2D eigenvalue weighted by molar-refractivity contribution is 7.22. The number of halogens is 1. The monoisotopic (exact) mass is 602 g/mol. The molecule has 1 saturated carbocycles. The molecular formula is C33H35FN4O4S. The molecule has 0 spiro atoms. The van der Waals surface area contributed by atoms with E-state index in [2.05, 4.69) is 16.0 Å². The minimum Gasteiger partial charge on any atom is -0.453 e. The van der Waals surface area contributed by atoms with Crippen molar-refractivity contribution >= 4 is 33.2 Å². The summed E-state index contributed by atoms with van der Waals surface area (Å²) in [7, 11) is 0. The Morgan fingerprint density at radius 3 is 2.47 bits per heavy atom. The quantitative estimate of drug-likeness (QED) is 0.252. The van der Waals surface area contributed by atoms with Crippen LogP contribution in [-0.2, 0) is 22.6 Å². The van der Waals surface area contributed by atoms with Crippen LogP contribution < -0.4 is 4.74 Å². The van der Waals surface area contributed by atoms with Crippen LogP contribution in [0.1, 0.15) is 44.2 Å². The van der Waals surface area contributed by atoms with Gasteiger partial charge in [-0.25, -0.2) is 4.39 Å². The fourth-order valence-corrected chi connectivity index (χ4v) is 6.38. The van der Waals surface area contributed by atoms with E-state index in [9.17, 15) is 19.1 Å². The van der Waals surface area contributed by atoms with Crippen LogP contribution in [0.5, 0.6) is 11.5 Å². The third-order valence-corrected chi connectivity index (χ3v) is 9.03. The van der Waals surface area contributed by atoms with Crippen LogP contribution in [0.15, 0.2) is 54.9 Å². The van der Waals surface area contributed by atoms with Crippen LogP contribution in [0, 0.1) is 11.7 Å². The molecule has 10 heteroatoms. The average Bonchev–Trinajstić information content (AvgIpc) is 3.68. The van der Waals surface area contributed by atoms with Crippen molar-refractivity contribution in [1.82, 2.24) is 19.8 Å². The molecular weight excluding hydrogens is 567 g/mol. The fraction of sp³-hybridized carbons (Fsp3) is 0.394. The molecule has 2 fully saturated rings. The Morgan fingerprint density at radius 1 is 1.02 bits per heavy atom. The summed E-state index contributed by atoms with van der Waals surface area (Å²) in [5.41, 5.74) is 1.93. The van der Waals surface area contributed by atoms with E-state index in [0.29, 0.717) is 36.7 Å². The Labute approximate surface area is 254 Å². The summed E-state index contributed by atoms with van der Waals surface area (Å²) in [5, 5.41) is 10.0. The fourth-order valence-electron chi connectivity index (χ4n) is 5.34. The lowest BCUT2D eigenvalue weighted by molar-refractivity contribution is -0.149. The number of pyridine rings is 2. The van der Waals surface area contributed by atoms with E-state index < -0.39 is 11.4 Å². The number of carbonyl (C=O) groups is 2. The van der Waals surface area contributed by atoms with Crippen LogP contribution in [-0.4, -0.2) is 68.3 Å². The number of carbonyl (C=O) groups excluding carboxylic acids is 2. The van der Waals surface area contributed by atoms with Crippen molar-refractivity contribution in [2.24, 2.45) is 5.92 Å². The van der Waals surface area contributed by atoms with Gasteiger partial charge in [0.05, 0.1) is 20.8 Å². The minimum atomic E-state index is -1.35. The molecule has 224 valence electrons. The first-order valence-electron chi connectivity index (χ1n) is 14.7. The Balaban J connectivity index is 1.10. The molecule has 1 N–H and O–H groups in total. The van der Waals surface area contributed by atoms with E-state index in [4.69, 9.17) is 9.72 Å². The number of thiophene rings is 1. The summed E-state index contributed by atoms with van der Waals surface area (Å²) in [5.74, 6) is 0.550. The number of benzene rings is 1. The zero-order valence-electron chi connectivity index (χ0n) is 24.4. The van der Waals surface area contributed by atoms with Gasteiger partial charge in [0.25, 0.3) is 5.91 Å². The average molecular weight is 603 g/mol. The van der Waals surface area contributed by atoms with Gasteiger partial charge in [-0.3, -0.25) is 24.5 Å². The molecule has 1 amide bonds. The zero-order valence-corrected chi connectivity index (χ0v) is 25.2. The maximum atomic E-state index is 14.9. The van der Waals surface area contributed by atoms with Crippen molar-refractivity contribution in [3.05, 3.63) is 71.8 Å². The molecule has 4 aromatic rings. The first-order chi connectivity index (χ1) is 20.6. The Hall–Kier alpha value is -3.73. The highest BCUT2D eigenvalue weighted by Crippen LogP contribution is 2.39. The Bertz CT molecular complexity index is 1640. The topological polar surface area (TPSA) is 95.9 Å². The molecule has 0 radical (unpaired) electrons. The standard InChI is InChI=1S/C33H35FN4O4S/c1-33(2,41)32(40)38-13-11-37(12-14-38)20-23-5-7-26(36-19-23)30-18-27-31(43-30)29(9-10-35-27)42-28-8-6-22(17-25(28)34)16-24(39)15-21-3-4-21/h5-10,17-19,21,41H,3-4,11-16,20H2,1-2H3. The minimum absolute atomic E-state index is 0.105. The number of hydrogen-bond acceptors (Lipinski definition) is 8. The maximum Gasteiger partial charge on any atom is 0.254 e. The number of nitrogens with zero attached hydrogens (tertiary/aromatic N) is 4. The van der Waals surface area contributed by atoms with Gasteiger partial charge in [-0.2, -0.15) is 0 Å². The number of ether oxygens (including phenoxy) is 1. The molecule has 0 unspecified atom stereocenters. The van der Waals surface area contributed by atoms with Gasteiger partial charge < -0.3 is 14.7 Å². The summed E-state index contributed by atoms with van der Waals surface area (Å²) in [4.78, 5) is 38.6. The number of aromatic nitrogens is 2. The van der Waals surface area contributed by atoms with Crippen molar-refractivity contribution in [2.45, 2.75) is 51.7 Å². The van der Waals surface area contributed by atoms with E-state index in [1.807, 2.05) is 18.3 Å². The van der Waals surface area contributed by atoms with E-state index >= 15 is 0 Å². The van der Waals surface area contributed by atoms with Crippen LogP contribution in [0.2, 0.25) is 0 Å². The molecule has 1 aliphatic carbocycles. The highest BCUT2D eigenvalue weighted by atomic mass is 32.1. The van der Waals surface area contributed by atoms with Gasteiger partial charge in [-0.1, -0.05) is 12.1 Å². The number of aliphatic hydroxyl groups is 1. The Kier molecular flexibility index (Phi) is 8.26. The second kappa shape index (κ2) is 12.1. The van der Waals surface area contributed by atoms with Crippen molar-refractivity contribution in [2.75, 3.05) is 26.2 Å². The molecule has 8 nitrogen and oxygen atoms in total. The molecule has 0 atom stereocenters. The van der Waals surface area contributed by atoms with E-state index in [-0.39, 0.29) is 23.9 Å². The predicted octanol–water partition coefficient (Wildman–Crippen LogP) is 5.62. The summed E-state index contributed by atoms with van der Waals surface area (Å²) in [6, 6.07) is 12.4. The molecule has 3 aromatic heterocycles. The smallest absolute Gasteiger partial charge is 0.254 e. The molecule has 0 bridgehead atoms. The predicted molar refractivity (Wildman–Crippen MR) is 164 cm³/mol. The normalized spacial score (nSPS) is 16.0. The van der Waals surface area contributed by atoms with Gasteiger partial charge in [0.15, 0.2) is 11.6 Å². The van der Waals surface area contributed by atoms with E-state index in [1.165, 1.54) is 31.3 Å². The number of fused-ring (bicyclic) bond motifs is 1. The van der Waals surface area contributed by atoms with Crippen LogP contribution >= 0.6 is 11.3 Å². The summed E-state index contributed by atoms with van der Waals surface area (Å²) < 4.78 is 21.7. The number of ketones is 1. The first-order valence-corrected chi connectivity index (χ1v) is 15.5. The van der Waals surface area contributed by atoms with Gasteiger partial charge >= 0.3 is 0 Å². The van der Waals surface area contributed by atoms with Crippen molar-refractivity contribution in [3.63, 3.8) is 0 Å². The number of hydrogen-bond donors (Lipinski definition) is 1. The van der Waals surface area contributed by atoms with E-state index in [0.717, 1.165) is 58.8 Å². The molecule has 6 rings (SSSR count). The lowest BCUT2D eigenvalue weighted by Gasteiger charge is -2.37. The molecule has 2 aliphatic rings. The number of rotatable bonds is 10. The summed E-state index contributed by atoms with van der Waals surface area (Å²) >= 11 is 1.49. The van der Waals surface area contributed by atoms with Crippen LogP contribution in [0.25, 0.3) is 20.8 Å². The lowest BCUT2D eigenvalue weighted by atomic mass is 10.0. The van der Waals surface area contributed by atoms with Crippen molar-refractivity contribution in [3.8, 4) is 22.1 Å². The highest BCUT2D eigenvalue weighted by Gasteiger charge is 2.31. The van der Waals surface area contributed by atoms with Crippen molar-refractivity contribution in [1.29, 1.82) is 0 Å². The van der Waals surface area contributed by atoms with Crippen LogP contribution in [0.4, 0.5) is 4.39 Å². The first kappa shape index (κ1) is 29.3. The molecule has 4 heterocycles.